The van der Waals surface area contributed by atoms with E-state index in [4.69, 9.17) is 16.6 Å². The zero-order valence-corrected chi connectivity index (χ0v) is 11.0. The predicted molar refractivity (Wildman–Crippen MR) is 76.9 cm³/mol. The van der Waals surface area contributed by atoms with Gasteiger partial charge < -0.3 is 16.6 Å². The van der Waals surface area contributed by atoms with Gasteiger partial charge in [0.05, 0.1) is 5.56 Å². The van der Waals surface area contributed by atoms with Crippen molar-refractivity contribution in [1.82, 2.24) is 0 Å². The molecule has 0 aliphatic heterocycles. The van der Waals surface area contributed by atoms with Crippen LogP contribution >= 0.6 is 0 Å². The van der Waals surface area contributed by atoms with Crippen molar-refractivity contribution < 1.29 is 19.5 Å². The monoisotopic (exact) mass is 286 g/mol. The molecule has 2 amide bonds. The van der Waals surface area contributed by atoms with Crippen molar-refractivity contribution in [3.63, 3.8) is 0 Å². The molecule has 108 valence electrons. The van der Waals surface area contributed by atoms with Gasteiger partial charge in [-0.25, -0.2) is 4.79 Å². The third kappa shape index (κ3) is 5.15. The number of hydrogen-bond donors (Lipinski definition) is 3. The topological polar surface area (TPSA) is 123 Å². The zero-order valence-electron chi connectivity index (χ0n) is 11.0. The van der Waals surface area contributed by atoms with Crippen molar-refractivity contribution in [1.29, 1.82) is 0 Å². The summed E-state index contributed by atoms with van der Waals surface area (Å²) < 4.78 is 0. The van der Waals surface area contributed by atoms with E-state index in [0.717, 1.165) is 0 Å². The number of carbonyl (C=O) groups is 3. The van der Waals surface area contributed by atoms with Gasteiger partial charge in [0, 0.05) is 11.1 Å². The quantitative estimate of drug-likeness (QED) is 0.785. The number of primary amides is 2. The summed E-state index contributed by atoms with van der Waals surface area (Å²) in [6.07, 6.45) is 0. The molecule has 0 heterocycles. The summed E-state index contributed by atoms with van der Waals surface area (Å²) in [7, 11) is 0. The standard InChI is InChI=1S/C8H8N2O2.C7H6O2/c9-7(11)5-1-2-6(4-3-5)8(10)12;8-7(9)6-4-2-1-3-5-6/h1-4H,(H2,9,11)(H2,10,12);1-5H,(H,8,9). The Morgan fingerprint density at radius 2 is 1.05 bits per heavy atom. The molecule has 0 spiro atoms. The number of amides is 2. The molecule has 6 heteroatoms. The summed E-state index contributed by atoms with van der Waals surface area (Å²) in [5, 5.41) is 8.38. The van der Waals surface area contributed by atoms with E-state index in [0.29, 0.717) is 16.7 Å². The van der Waals surface area contributed by atoms with E-state index < -0.39 is 17.8 Å². The summed E-state index contributed by atoms with van der Waals surface area (Å²) in [5.41, 5.74) is 11.0. The first-order valence-electron chi connectivity index (χ1n) is 5.90. The van der Waals surface area contributed by atoms with Crippen molar-refractivity contribution in [2.75, 3.05) is 0 Å². The highest BCUT2D eigenvalue weighted by atomic mass is 16.4. The number of benzene rings is 2. The van der Waals surface area contributed by atoms with E-state index in [2.05, 4.69) is 0 Å². The van der Waals surface area contributed by atoms with Crippen LogP contribution in [0.4, 0.5) is 0 Å². The Labute approximate surface area is 121 Å². The molecular weight excluding hydrogens is 272 g/mol. The molecule has 21 heavy (non-hydrogen) atoms. The molecular formula is C15H14N2O4. The Morgan fingerprint density at radius 3 is 1.29 bits per heavy atom. The van der Waals surface area contributed by atoms with E-state index in [-0.39, 0.29) is 0 Å². The van der Waals surface area contributed by atoms with Gasteiger partial charge in [-0.15, -0.1) is 0 Å². The predicted octanol–water partition coefficient (Wildman–Crippen LogP) is 1.27. The maximum atomic E-state index is 10.6. The lowest BCUT2D eigenvalue weighted by Crippen LogP contribution is -2.13. The Kier molecular flexibility index (Phi) is 5.64. The van der Waals surface area contributed by atoms with E-state index >= 15 is 0 Å². The lowest BCUT2D eigenvalue weighted by Gasteiger charge is -1.96. The summed E-state index contributed by atoms with van der Waals surface area (Å²) >= 11 is 0. The SMILES string of the molecule is NC(=O)c1ccc(C(N)=O)cc1.O=C(O)c1ccccc1. The number of carboxylic acids is 1. The van der Waals surface area contributed by atoms with Crippen LogP contribution in [0.2, 0.25) is 0 Å². The molecule has 0 bridgehead atoms. The molecule has 5 N–H and O–H groups in total. The first kappa shape index (κ1) is 15.9. The zero-order chi connectivity index (χ0) is 15.8. The Bertz CT molecular complexity index is 603. The van der Waals surface area contributed by atoms with Crippen molar-refractivity contribution in [3.8, 4) is 0 Å². The van der Waals surface area contributed by atoms with Gasteiger partial charge in [0.2, 0.25) is 11.8 Å². The van der Waals surface area contributed by atoms with E-state index in [1.54, 1.807) is 30.3 Å². The Balaban J connectivity index is 0.000000219. The average molecular weight is 286 g/mol. The minimum Gasteiger partial charge on any atom is -0.478 e. The molecule has 0 fully saturated rings. The first-order chi connectivity index (χ1) is 9.91. The average Bonchev–Trinajstić information content (AvgIpc) is 2.49. The molecule has 0 aliphatic carbocycles. The molecule has 0 saturated carbocycles. The van der Waals surface area contributed by atoms with Crippen LogP contribution in [0.15, 0.2) is 54.6 Å². The smallest absolute Gasteiger partial charge is 0.335 e. The highest BCUT2D eigenvalue weighted by Crippen LogP contribution is 2.02. The lowest BCUT2D eigenvalue weighted by molar-refractivity contribution is 0.0696. The number of aromatic carboxylic acids is 1. The Hall–Kier alpha value is -3.15. The molecule has 0 atom stereocenters. The van der Waals surface area contributed by atoms with Crippen LogP contribution in [0.1, 0.15) is 31.1 Å². The molecule has 0 aromatic heterocycles. The summed E-state index contributed by atoms with van der Waals surface area (Å²) in [4.78, 5) is 31.4. The fraction of sp³-hybridized carbons (Fsp3) is 0. The molecule has 0 aliphatic rings. The summed E-state index contributed by atoms with van der Waals surface area (Å²) in [6, 6.07) is 14.1. The number of hydrogen-bond acceptors (Lipinski definition) is 3. The second-order valence-electron chi connectivity index (χ2n) is 3.98. The van der Waals surface area contributed by atoms with E-state index in [1.165, 1.54) is 24.3 Å². The number of carboxylic acid groups (broad SMARTS) is 1. The Morgan fingerprint density at radius 1 is 0.667 bits per heavy atom. The second kappa shape index (κ2) is 7.44. The van der Waals surface area contributed by atoms with Gasteiger partial charge in [0.15, 0.2) is 0 Å². The van der Waals surface area contributed by atoms with Crippen molar-refractivity contribution in [2.45, 2.75) is 0 Å². The summed E-state index contributed by atoms with van der Waals surface area (Å²) in [6.45, 7) is 0. The third-order valence-corrected chi connectivity index (χ3v) is 2.47. The summed E-state index contributed by atoms with van der Waals surface area (Å²) in [5.74, 6) is -1.92. The molecule has 0 unspecified atom stereocenters. The maximum absolute atomic E-state index is 10.6. The van der Waals surface area contributed by atoms with Gasteiger partial charge in [-0.05, 0) is 36.4 Å². The van der Waals surface area contributed by atoms with Crippen molar-refractivity contribution >= 4 is 17.8 Å². The van der Waals surface area contributed by atoms with Gasteiger partial charge in [-0.1, -0.05) is 18.2 Å². The van der Waals surface area contributed by atoms with Gasteiger partial charge in [0.25, 0.3) is 0 Å². The normalized spacial score (nSPS) is 9.14. The minimum atomic E-state index is -0.879. The first-order valence-corrected chi connectivity index (χ1v) is 5.90. The molecule has 2 rings (SSSR count). The van der Waals surface area contributed by atoms with Crippen LogP contribution in [-0.4, -0.2) is 22.9 Å². The fourth-order valence-corrected chi connectivity index (χ4v) is 1.38. The van der Waals surface area contributed by atoms with Crippen LogP contribution in [0.3, 0.4) is 0 Å². The van der Waals surface area contributed by atoms with Gasteiger partial charge >= 0.3 is 5.97 Å². The van der Waals surface area contributed by atoms with Crippen molar-refractivity contribution in [3.05, 3.63) is 71.3 Å². The van der Waals surface area contributed by atoms with E-state index in [1.807, 2.05) is 0 Å². The molecule has 2 aromatic rings. The lowest BCUT2D eigenvalue weighted by atomic mass is 10.1. The number of carbonyl (C=O) groups excluding carboxylic acids is 2. The molecule has 0 saturated heterocycles. The van der Waals surface area contributed by atoms with E-state index in [9.17, 15) is 14.4 Å². The largest absolute Gasteiger partial charge is 0.478 e. The minimum absolute atomic E-state index is 0.331. The maximum Gasteiger partial charge on any atom is 0.335 e. The third-order valence-electron chi connectivity index (χ3n) is 2.47. The molecule has 2 aromatic carbocycles. The van der Waals surface area contributed by atoms with Crippen molar-refractivity contribution in [2.24, 2.45) is 11.5 Å². The number of nitrogens with two attached hydrogens (primary N) is 2. The highest BCUT2D eigenvalue weighted by Gasteiger charge is 2.02. The molecule has 6 nitrogen and oxygen atoms in total. The van der Waals surface area contributed by atoms with Gasteiger partial charge in [-0.3, -0.25) is 9.59 Å². The van der Waals surface area contributed by atoms with Gasteiger partial charge in [0.1, 0.15) is 0 Å². The number of rotatable bonds is 3. The molecule has 0 radical (unpaired) electrons. The van der Waals surface area contributed by atoms with Gasteiger partial charge in [-0.2, -0.15) is 0 Å². The van der Waals surface area contributed by atoms with Crippen LogP contribution in [0.5, 0.6) is 0 Å². The second-order valence-corrected chi connectivity index (χ2v) is 3.98. The van der Waals surface area contributed by atoms with Crippen LogP contribution in [0.25, 0.3) is 0 Å². The van der Waals surface area contributed by atoms with Crippen LogP contribution < -0.4 is 11.5 Å². The van der Waals surface area contributed by atoms with Crippen LogP contribution in [0, 0.1) is 0 Å². The fourth-order valence-electron chi connectivity index (χ4n) is 1.38. The van der Waals surface area contributed by atoms with Crippen LogP contribution in [-0.2, 0) is 0 Å². The highest BCUT2D eigenvalue weighted by molar-refractivity contribution is 5.96.